The Kier molecular flexibility index (Phi) is 6.35. The minimum Gasteiger partial charge on any atom is -0.429 e. The standard InChI is InChI=1S/C23H15F6NO2/c1-2-14-3-5-15(6-4-14)22(26,27)31-17-9-7-16(8-10-17)23(28,29)32-18-11-20(24)19(13-30)21(25)12-18/h3-12H,2H2,1H3. The van der Waals surface area contributed by atoms with Crippen molar-refractivity contribution in [2.45, 2.75) is 25.6 Å². The fraction of sp³-hybridized carbons (Fsp3) is 0.174. The molecule has 0 atom stereocenters. The molecule has 32 heavy (non-hydrogen) atoms. The van der Waals surface area contributed by atoms with Crippen LogP contribution in [-0.4, -0.2) is 0 Å². The Hall–Kier alpha value is -3.67. The van der Waals surface area contributed by atoms with Gasteiger partial charge in [-0.1, -0.05) is 19.1 Å². The summed E-state index contributed by atoms with van der Waals surface area (Å²) in [4.78, 5) is 0. The van der Waals surface area contributed by atoms with Crippen molar-refractivity contribution in [3.8, 4) is 17.6 Å². The lowest BCUT2D eigenvalue weighted by atomic mass is 10.1. The summed E-state index contributed by atoms with van der Waals surface area (Å²) < 4.78 is 93.7. The molecule has 0 heterocycles. The molecule has 0 radical (unpaired) electrons. The highest BCUT2D eigenvalue weighted by molar-refractivity contribution is 5.38. The molecule has 0 aliphatic heterocycles. The summed E-state index contributed by atoms with van der Waals surface area (Å²) in [5.41, 5.74) is -1.26. The predicted octanol–water partition coefficient (Wildman–Crippen LogP) is 6.66. The summed E-state index contributed by atoms with van der Waals surface area (Å²) in [6.07, 6.45) is -7.08. The Morgan fingerprint density at radius 1 is 0.750 bits per heavy atom. The Labute approximate surface area is 179 Å². The van der Waals surface area contributed by atoms with E-state index in [1.807, 2.05) is 6.92 Å². The number of nitriles is 1. The van der Waals surface area contributed by atoms with Crippen molar-refractivity contribution in [2.75, 3.05) is 0 Å². The monoisotopic (exact) mass is 451 g/mol. The van der Waals surface area contributed by atoms with E-state index in [0.717, 1.165) is 29.8 Å². The second-order valence-electron chi connectivity index (χ2n) is 6.69. The van der Waals surface area contributed by atoms with Crippen LogP contribution in [0.15, 0.2) is 60.7 Å². The Balaban J connectivity index is 1.76. The van der Waals surface area contributed by atoms with Crippen molar-refractivity contribution < 1.29 is 35.8 Å². The summed E-state index contributed by atoms with van der Waals surface area (Å²) in [6, 6.07) is 11.0. The van der Waals surface area contributed by atoms with Gasteiger partial charge >= 0.3 is 12.2 Å². The van der Waals surface area contributed by atoms with Gasteiger partial charge in [-0.05, 0) is 48.4 Å². The van der Waals surface area contributed by atoms with Crippen molar-refractivity contribution in [1.82, 2.24) is 0 Å². The third kappa shape index (κ3) is 4.97. The van der Waals surface area contributed by atoms with Gasteiger partial charge in [0.2, 0.25) is 0 Å². The SMILES string of the molecule is CCc1ccc(C(F)(F)Oc2ccc(C(F)(F)Oc3cc(F)c(C#N)c(F)c3)cc2)cc1. The first-order valence-electron chi connectivity index (χ1n) is 9.28. The lowest BCUT2D eigenvalue weighted by Gasteiger charge is -2.21. The molecule has 3 rings (SSSR count). The highest BCUT2D eigenvalue weighted by Gasteiger charge is 2.37. The first-order valence-corrected chi connectivity index (χ1v) is 9.28. The number of nitrogens with zero attached hydrogens (tertiary/aromatic N) is 1. The molecule has 0 fully saturated rings. The maximum atomic E-state index is 14.4. The third-order valence-corrected chi connectivity index (χ3v) is 4.51. The van der Waals surface area contributed by atoms with Crippen LogP contribution in [-0.2, 0) is 18.6 Å². The van der Waals surface area contributed by atoms with E-state index in [2.05, 4.69) is 9.47 Å². The van der Waals surface area contributed by atoms with Crippen molar-refractivity contribution in [1.29, 1.82) is 5.26 Å². The molecule has 0 aromatic heterocycles. The van der Waals surface area contributed by atoms with E-state index in [9.17, 15) is 26.3 Å². The molecule has 3 aromatic rings. The van der Waals surface area contributed by atoms with Crippen LogP contribution < -0.4 is 9.47 Å². The molecule has 3 aromatic carbocycles. The van der Waals surface area contributed by atoms with Gasteiger partial charge in [0, 0.05) is 12.1 Å². The topological polar surface area (TPSA) is 42.2 Å². The van der Waals surface area contributed by atoms with Gasteiger partial charge in [0.1, 0.15) is 34.8 Å². The molecule has 3 nitrogen and oxygen atoms in total. The maximum absolute atomic E-state index is 14.4. The van der Waals surface area contributed by atoms with Crippen LogP contribution in [0.3, 0.4) is 0 Å². The first-order chi connectivity index (χ1) is 15.1. The van der Waals surface area contributed by atoms with E-state index in [0.29, 0.717) is 18.6 Å². The zero-order valence-electron chi connectivity index (χ0n) is 16.5. The minimum absolute atomic E-state index is 0.385. The molecule has 0 spiro atoms. The molecule has 0 N–H and O–H groups in total. The van der Waals surface area contributed by atoms with Gasteiger partial charge in [-0.15, -0.1) is 0 Å². The highest BCUT2D eigenvalue weighted by Crippen LogP contribution is 2.36. The number of benzene rings is 3. The molecule has 0 saturated heterocycles. The normalized spacial score (nSPS) is 11.7. The maximum Gasteiger partial charge on any atom is 0.426 e. The number of hydrogen-bond acceptors (Lipinski definition) is 3. The highest BCUT2D eigenvalue weighted by atomic mass is 19.3. The predicted molar refractivity (Wildman–Crippen MR) is 102 cm³/mol. The molecular weight excluding hydrogens is 436 g/mol. The molecule has 0 aliphatic rings. The zero-order valence-corrected chi connectivity index (χ0v) is 16.5. The van der Waals surface area contributed by atoms with Gasteiger partial charge < -0.3 is 9.47 Å². The summed E-state index contributed by atoms with van der Waals surface area (Å²) >= 11 is 0. The third-order valence-electron chi connectivity index (χ3n) is 4.51. The van der Waals surface area contributed by atoms with Gasteiger partial charge in [-0.3, -0.25) is 0 Å². The number of aryl methyl sites for hydroxylation is 1. The molecule has 9 heteroatoms. The smallest absolute Gasteiger partial charge is 0.426 e. The lowest BCUT2D eigenvalue weighted by Crippen LogP contribution is -2.23. The first kappa shape index (κ1) is 23.0. The minimum atomic E-state index is -4.05. The van der Waals surface area contributed by atoms with Crippen LogP contribution in [0.25, 0.3) is 0 Å². The second kappa shape index (κ2) is 8.83. The summed E-state index contributed by atoms with van der Waals surface area (Å²) in [5, 5.41) is 8.62. The molecule has 0 amide bonds. The van der Waals surface area contributed by atoms with E-state index < -0.39 is 46.3 Å². The number of halogens is 6. The average molecular weight is 451 g/mol. The van der Waals surface area contributed by atoms with Gasteiger partial charge in [0.05, 0.1) is 11.1 Å². The Morgan fingerprint density at radius 3 is 1.62 bits per heavy atom. The van der Waals surface area contributed by atoms with Gasteiger partial charge in [0.25, 0.3) is 0 Å². The Morgan fingerprint density at radius 2 is 1.19 bits per heavy atom. The van der Waals surface area contributed by atoms with Gasteiger partial charge in [0.15, 0.2) is 0 Å². The second-order valence-corrected chi connectivity index (χ2v) is 6.69. The quantitative estimate of drug-likeness (QED) is 0.378. The fourth-order valence-corrected chi connectivity index (χ4v) is 2.78. The largest absolute Gasteiger partial charge is 0.429 e. The average Bonchev–Trinajstić information content (AvgIpc) is 2.73. The molecular formula is C23H15F6NO2. The van der Waals surface area contributed by atoms with Crippen molar-refractivity contribution in [3.63, 3.8) is 0 Å². The van der Waals surface area contributed by atoms with Crippen LogP contribution >= 0.6 is 0 Å². The molecule has 0 saturated carbocycles. The summed E-state index contributed by atoms with van der Waals surface area (Å²) in [6.45, 7) is 1.87. The van der Waals surface area contributed by atoms with E-state index in [1.165, 1.54) is 30.3 Å². The van der Waals surface area contributed by atoms with Crippen LogP contribution in [0, 0.1) is 23.0 Å². The number of alkyl halides is 4. The molecule has 0 bridgehead atoms. The molecule has 0 aliphatic carbocycles. The summed E-state index contributed by atoms with van der Waals surface area (Å²) in [5.74, 6) is -3.97. The number of rotatable bonds is 7. The van der Waals surface area contributed by atoms with E-state index in [1.54, 1.807) is 0 Å². The Bertz CT molecular complexity index is 1120. The van der Waals surface area contributed by atoms with E-state index >= 15 is 0 Å². The zero-order chi connectivity index (χ0) is 23.5. The summed E-state index contributed by atoms with van der Waals surface area (Å²) in [7, 11) is 0. The number of hydrogen-bond donors (Lipinski definition) is 0. The van der Waals surface area contributed by atoms with Crippen LogP contribution in [0.1, 0.15) is 29.2 Å². The lowest BCUT2D eigenvalue weighted by molar-refractivity contribution is -0.187. The van der Waals surface area contributed by atoms with Crippen LogP contribution in [0.5, 0.6) is 11.5 Å². The molecule has 166 valence electrons. The van der Waals surface area contributed by atoms with Crippen LogP contribution in [0.2, 0.25) is 0 Å². The van der Waals surface area contributed by atoms with E-state index in [-0.39, 0.29) is 5.75 Å². The molecule has 0 unspecified atom stereocenters. The number of ether oxygens (including phenoxy) is 2. The van der Waals surface area contributed by atoms with Gasteiger partial charge in [-0.2, -0.15) is 22.8 Å². The van der Waals surface area contributed by atoms with Crippen molar-refractivity contribution in [3.05, 3.63) is 94.6 Å². The van der Waals surface area contributed by atoms with Crippen molar-refractivity contribution >= 4 is 0 Å². The van der Waals surface area contributed by atoms with E-state index in [4.69, 9.17) is 5.26 Å². The van der Waals surface area contributed by atoms with Crippen LogP contribution in [0.4, 0.5) is 26.3 Å². The van der Waals surface area contributed by atoms with Gasteiger partial charge in [-0.25, -0.2) is 8.78 Å². The fourth-order valence-electron chi connectivity index (χ4n) is 2.78. The van der Waals surface area contributed by atoms with Crippen molar-refractivity contribution in [2.24, 2.45) is 0 Å².